The number of alkyl halides is 5. The molecule has 0 nitrogen and oxygen atoms in total. The van der Waals surface area contributed by atoms with Crippen LogP contribution in [0.3, 0.4) is 0 Å². The highest BCUT2D eigenvalue weighted by Crippen LogP contribution is 2.45. The molecule has 2 unspecified atom stereocenters. The Morgan fingerprint density at radius 1 is 0.917 bits per heavy atom. The molecule has 74 valence electrons. The summed E-state index contributed by atoms with van der Waals surface area (Å²) in [5.41, 5.74) is -6.65. The average Bonchev–Trinajstić information content (AvgIpc) is 1.85. The summed E-state index contributed by atoms with van der Waals surface area (Å²) in [4.78, 5) is 0. The van der Waals surface area contributed by atoms with Crippen molar-refractivity contribution < 1.29 is 22.0 Å². The van der Waals surface area contributed by atoms with Gasteiger partial charge in [0.15, 0.2) is 5.67 Å². The van der Waals surface area contributed by atoms with Crippen molar-refractivity contribution in [2.75, 3.05) is 0 Å². The van der Waals surface area contributed by atoms with Gasteiger partial charge in [-0.25, -0.2) is 8.78 Å². The molecular weight excluding hydrogens is 179 g/mol. The van der Waals surface area contributed by atoms with Gasteiger partial charge >= 0.3 is 6.18 Å². The lowest BCUT2D eigenvalue weighted by Crippen LogP contribution is -2.53. The van der Waals surface area contributed by atoms with E-state index in [0.29, 0.717) is 6.92 Å². The Morgan fingerprint density at radius 3 is 1.33 bits per heavy atom. The topological polar surface area (TPSA) is 0 Å². The molecule has 0 fully saturated rings. The largest absolute Gasteiger partial charge is 0.425 e. The van der Waals surface area contributed by atoms with Crippen molar-refractivity contribution in [3.63, 3.8) is 0 Å². The van der Waals surface area contributed by atoms with Crippen LogP contribution >= 0.6 is 0 Å². The normalized spacial score (nSPS) is 23.0. The van der Waals surface area contributed by atoms with Crippen LogP contribution in [0.25, 0.3) is 0 Å². The zero-order chi connectivity index (χ0) is 10.2. The molecule has 0 aliphatic heterocycles. The molecule has 0 saturated carbocycles. The van der Waals surface area contributed by atoms with Gasteiger partial charge < -0.3 is 0 Å². The molecule has 0 spiro atoms. The van der Waals surface area contributed by atoms with Crippen LogP contribution in [0.2, 0.25) is 0 Å². The smallest absolute Gasteiger partial charge is 0.240 e. The molecule has 0 bridgehead atoms. The first-order chi connectivity index (χ1) is 5.06. The summed E-state index contributed by atoms with van der Waals surface area (Å²) in [5.74, 6) is 0. The molecule has 2 atom stereocenters. The van der Waals surface area contributed by atoms with E-state index in [4.69, 9.17) is 0 Å². The van der Waals surface area contributed by atoms with Crippen molar-refractivity contribution in [3.05, 3.63) is 0 Å². The van der Waals surface area contributed by atoms with Crippen molar-refractivity contribution in [1.82, 2.24) is 0 Å². The Labute approximate surface area is 67.8 Å². The predicted octanol–water partition coefficient (Wildman–Crippen LogP) is 3.42. The predicted molar refractivity (Wildman–Crippen MR) is 35.4 cm³/mol. The van der Waals surface area contributed by atoms with Gasteiger partial charge in [-0.3, -0.25) is 0 Å². The fourth-order valence-electron chi connectivity index (χ4n) is 0.628. The summed E-state index contributed by atoms with van der Waals surface area (Å²) in [7, 11) is 0. The molecule has 5 heteroatoms. The monoisotopic (exact) mass is 190 g/mol. The Hall–Kier alpha value is -0.350. The lowest BCUT2D eigenvalue weighted by molar-refractivity contribution is -0.263. The van der Waals surface area contributed by atoms with Crippen LogP contribution in [0.1, 0.15) is 27.2 Å². The highest BCUT2D eigenvalue weighted by atomic mass is 19.4. The first kappa shape index (κ1) is 11.6. The molecule has 0 amide bonds. The molecule has 0 N–H and O–H groups in total. The van der Waals surface area contributed by atoms with Crippen LogP contribution in [-0.2, 0) is 0 Å². The standard InChI is InChI=1S/C7H11F5/c1-4-5(2,8)6(3,9)7(10,11)12/h4H2,1-3H3. The molecule has 0 aromatic heterocycles. The zero-order valence-corrected chi connectivity index (χ0v) is 7.10. The van der Waals surface area contributed by atoms with E-state index in [9.17, 15) is 22.0 Å². The molecule has 0 aromatic carbocycles. The molecule has 0 saturated heterocycles. The maximum Gasteiger partial charge on any atom is 0.425 e. The molecule has 0 aliphatic carbocycles. The van der Waals surface area contributed by atoms with E-state index in [-0.39, 0.29) is 6.92 Å². The third-order valence-electron chi connectivity index (χ3n) is 2.18. The number of hydrogen-bond acceptors (Lipinski definition) is 0. The van der Waals surface area contributed by atoms with E-state index in [1.807, 2.05) is 0 Å². The van der Waals surface area contributed by atoms with Gasteiger partial charge in [0.05, 0.1) is 0 Å². The Balaban J connectivity index is 4.85. The van der Waals surface area contributed by atoms with Crippen LogP contribution in [-0.4, -0.2) is 17.5 Å². The van der Waals surface area contributed by atoms with Crippen LogP contribution in [0.15, 0.2) is 0 Å². The van der Waals surface area contributed by atoms with Gasteiger partial charge in [0.25, 0.3) is 0 Å². The van der Waals surface area contributed by atoms with Crippen molar-refractivity contribution in [2.24, 2.45) is 0 Å². The van der Waals surface area contributed by atoms with E-state index in [1.54, 1.807) is 0 Å². The van der Waals surface area contributed by atoms with Gasteiger partial charge in [0.1, 0.15) is 0 Å². The lowest BCUT2D eigenvalue weighted by atomic mass is 9.86. The van der Waals surface area contributed by atoms with Crippen molar-refractivity contribution in [3.8, 4) is 0 Å². The molecular formula is C7H11F5. The highest BCUT2D eigenvalue weighted by Gasteiger charge is 2.63. The highest BCUT2D eigenvalue weighted by molar-refractivity contribution is 4.98. The SMILES string of the molecule is CCC(C)(F)C(C)(F)C(F)(F)F. The van der Waals surface area contributed by atoms with Gasteiger partial charge in [-0.15, -0.1) is 0 Å². The van der Waals surface area contributed by atoms with E-state index in [0.717, 1.165) is 0 Å². The molecule has 12 heavy (non-hydrogen) atoms. The summed E-state index contributed by atoms with van der Waals surface area (Å²) < 4.78 is 61.6. The van der Waals surface area contributed by atoms with Crippen LogP contribution in [0, 0.1) is 0 Å². The summed E-state index contributed by atoms with van der Waals surface area (Å²) in [6.07, 6.45) is -5.67. The lowest BCUT2D eigenvalue weighted by Gasteiger charge is -2.34. The van der Waals surface area contributed by atoms with Crippen molar-refractivity contribution in [2.45, 2.75) is 44.7 Å². The van der Waals surface area contributed by atoms with Gasteiger partial charge in [-0.2, -0.15) is 13.2 Å². The van der Waals surface area contributed by atoms with Gasteiger partial charge in [-0.1, -0.05) is 6.92 Å². The average molecular weight is 190 g/mol. The minimum atomic E-state index is -5.16. The van der Waals surface area contributed by atoms with Gasteiger partial charge in [-0.05, 0) is 20.3 Å². The molecule has 0 aliphatic rings. The minimum absolute atomic E-state index is 0.219. The summed E-state index contributed by atoms with van der Waals surface area (Å²) in [5, 5.41) is 0. The van der Waals surface area contributed by atoms with Crippen LogP contribution < -0.4 is 0 Å². The Kier molecular flexibility index (Phi) is 2.77. The second-order valence-corrected chi connectivity index (χ2v) is 3.05. The van der Waals surface area contributed by atoms with E-state index in [2.05, 4.69) is 0 Å². The Bertz CT molecular complexity index is 156. The number of rotatable bonds is 2. The molecule has 0 heterocycles. The number of halogens is 5. The fourth-order valence-corrected chi connectivity index (χ4v) is 0.628. The molecule has 0 aromatic rings. The fraction of sp³-hybridized carbons (Fsp3) is 1.00. The van der Waals surface area contributed by atoms with Gasteiger partial charge in [0, 0.05) is 0 Å². The number of hydrogen-bond donors (Lipinski definition) is 0. The van der Waals surface area contributed by atoms with E-state index < -0.39 is 23.9 Å². The van der Waals surface area contributed by atoms with E-state index in [1.165, 1.54) is 6.92 Å². The van der Waals surface area contributed by atoms with Gasteiger partial charge in [0.2, 0.25) is 5.67 Å². The van der Waals surface area contributed by atoms with E-state index >= 15 is 0 Å². The maximum absolute atomic E-state index is 13.0. The second-order valence-electron chi connectivity index (χ2n) is 3.05. The minimum Gasteiger partial charge on any atom is -0.240 e. The zero-order valence-electron chi connectivity index (χ0n) is 7.10. The third-order valence-corrected chi connectivity index (χ3v) is 2.18. The second kappa shape index (κ2) is 2.85. The first-order valence-electron chi connectivity index (χ1n) is 3.51. The summed E-state index contributed by atoms with van der Waals surface area (Å²) in [6.45, 7) is 2.00. The van der Waals surface area contributed by atoms with Crippen LogP contribution in [0.4, 0.5) is 22.0 Å². The summed E-state index contributed by atoms with van der Waals surface area (Å²) >= 11 is 0. The summed E-state index contributed by atoms with van der Waals surface area (Å²) in [6, 6.07) is 0. The quantitative estimate of drug-likeness (QED) is 0.585. The van der Waals surface area contributed by atoms with Crippen molar-refractivity contribution in [1.29, 1.82) is 0 Å². The third kappa shape index (κ3) is 1.69. The first-order valence-corrected chi connectivity index (χ1v) is 3.51. The van der Waals surface area contributed by atoms with Crippen LogP contribution in [0.5, 0.6) is 0 Å². The Morgan fingerprint density at radius 2 is 1.25 bits per heavy atom. The molecule has 0 rings (SSSR count). The molecule has 0 radical (unpaired) electrons. The van der Waals surface area contributed by atoms with Crippen molar-refractivity contribution >= 4 is 0 Å². The maximum atomic E-state index is 13.0.